The van der Waals surface area contributed by atoms with E-state index in [4.69, 9.17) is 14.3 Å². The number of carbonyl (C=O) groups is 1. The van der Waals surface area contributed by atoms with Crippen LogP contribution in [-0.2, 0) is 0 Å². The molecule has 8 heteroatoms. The zero-order valence-electron chi connectivity index (χ0n) is 20.6. The molecule has 0 bridgehead atoms. The van der Waals surface area contributed by atoms with Gasteiger partial charge in [-0.05, 0) is 62.6 Å². The molecule has 0 unspecified atom stereocenters. The Balaban J connectivity index is 1.35. The number of rotatable bonds is 6. The lowest BCUT2D eigenvalue weighted by Crippen LogP contribution is -2.21. The van der Waals surface area contributed by atoms with Gasteiger partial charge in [0.25, 0.3) is 5.91 Å². The van der Waals surface area contributed by atoms with Gasteiger partial charge in [-0.3, -0.25) is 14.5 Å². The Morgan fingerprint density at radius 3 is 2.71 bits per heavy atom. The van der Waals surface area contributed by atoms with E-state index in [1.807, 2.05) is 25.1 Å². The van der Waals surface area contributed by atoms with Crippen LogP contribution in [0, 0.1) is 18.8 Å². The second-order valence-electron chi connectivity index (χ2n) is 9.71. The standard InChI is InChI=1S/C27H31N5O3/c1-16(2)18-5-7-21(8-6-18)32-14-20-12-23(25(34-4)13-22(20)31-32)29-26(33)24-15-35-27(30-24)19-9-10-28-17(3)11-19/h9-16,18,21H,5-8H2,1-4H3,(H,29,33). The molecule has 8 nitrogen and oxygen atoms in total. The smallest absolute Gasteiger partial charge is 0.277 e. The van der Waals surface area contributed by atoms with Crippen molar-refractivity contribution in [3.63, 3.8) is 0 Å². The van der Waals surface area contributed by atoms with E-state index in [1.165, 1.54) is 19.1 Å². The maximum absolute atomic E-state index is 12.9. The topological polar surface area (TPSA) is 95.1 Å². The Labute approximate surface area is 204 Å². The minimum Gasteiger partial charge on any atom is -0.494 e. The van der Waals surface area contributed by atoms with Crippen LogP contribution in [0.5, 0.6) is 5.75 Å². The summed E-state index contributed by atoms with van der Waals surface area (Å²) in [5, 5.41) is 8.70. The van der Waals surface area contributed by atoms with Gasteiger partial charge < -0.3 is 14.5 Å². The van der Waals surface area contributed by atoms with Gasteiger partial charge in [0.15, 0.2) is 5.69 Å². The van der Waals surface area contributed by atoms with Gasteiger partial charge in [-0.15, -0.1) is 0 Å². The first-order valence-electron chi connectivity index (χ1n) is 12.2. The van der Waals surface area contributed by atoms with E-state index in [1.54, 1.807) is 19.4 Å². The summed E-state index contributed by atoms with van der Waals surface area (Å²) in [4.78, 5) is 21.5. The summed E-state index contributed by atoms with van der Waals surface area (Å²) in [7, 11) is 1.58. The number of hydrogen-bond donors (Lipinski definition) is 1. The molecule has 0 atom stereocenters. The van der Waals surface area contributed by atoms with Crippen molar-refractivity contribution in [2.24, 2.45) is 11.8 Å². The Hall–Kier alpha value is -3.68. The monoisotopic (exact) mass is 473 g/mol. The number of pyridine rings is 1. The number of anilines is 1. The van der Waals surface area contributed by atoms with Gasteiger partial charge in [-0.25, -0.2) is 4.98 Å². The molecule has 0 saturated heterocycles. The van der Waals surface area contributed by atoms with Crippen LogP contribution in [0.4, 0.5) is 5.69 Å². The molecule has 1 fully saturated rings. The largest absolute Gasteiger partial charge is 0.494 e. The molecule has 3 heterocycles. The number of nitrogens with zero attached hydrogens (tertiary/aromatic N) is 4. The molecule has 1 aliphatic rings. The fourth-order valence-electron chi connectivity index (χ4n) is 4.93. The molecule has 5 rings (SSSR count). The lowest BCUT2D eigenvalue weighted by Gasteiger charge is -2.30. The van der Waals surface area contributed by atoms with E-state index in [-0.39, 0.29) is 11.6 Å². The van der Waals surface area contributed by atoms with Crippen LogP contribution in [0.3, 0.4) is 0 Å². The van der Waals surface area contributed by atoms with Crippen LogP contribution in [-0.4, -0.2) is 32.8 Å². The first-order valence-corrected chi connectivity index (χ1v) is 12.2. The molecule has 0 radical (unpaired) electrons. The van der Waals surface area contributed by atoms with Crippen LogP contribution in [0.2, 0.25) is 0 Å². The summed E-state index contributed by atoms with van der Waals surface area (Å²) >= 11 is 0. The predicted molar refractivity (Wildman–Crippen MR) is 135 cm³/mol. The van der Waals surface area contributed by atoms with E-state index in [0.717, 1.165) is 46.8 Å². The Kier molecular flexibility index (Phi) is 6.28. The fourth-order valence-corrected chi connectivity index (χ4v) is 4.93. The van der Waals surface area contributed by atoms with Gasteiger partial charge in [0.05, 0.1) is 24.4 Å². The maximum Gasteiger partial charge on any atom is 0.277 e. The third-order valence-corrected chi connectivity index (χ3v) is 7.03. The molecular weight excluding hydrogens is 442 g/mol. The molecule has 1 saturated carbocycles. The number of ether oxygens (including phenoxy) is 1. The molecule has 1 aliphatic carbocycles. The van der Waals surface area contributed by atoms with Crippen molar-refractivity contribution in [3.05, 3.63) is 54.3 Å². The Bertz CT molecular complexity index is 1350. The summed E-state index contributed by atoms with van der Waals surface area (Å²) in [5.74, 6) is 2.09. The first-order chi connectivity index (χ1) is 16.9. The third kappa shape index (κ3) is 4.78. The molecule has 1 amide bonds. The molecular formula is C27H31N5O3. The van der Waals surface area contributed by atoms with Crippen molar-refractivity contribution in [2.45, 2.75) is 52.5 Å². The number of oxazole rings is 1. The summed E-state index contributed by atoms with van der Waals surface area (Å²) < 4.78 is 13.2. The second kappa shape index (κ2) is 9.52. The second-order valence-corrected chi connectivity index (χ2v) is 9.71. The zero-order valence-corrected chi connectivity index (χ0v) is 20.6. The minimum atomic E-state index is -0.372. The van der Waals surface area contributed by atoms with Crippen molar-refractivity contribution in [1.82, 2.24) is 19.7 Å². The van der Waals surface area contributed by atoms with Gasteiger partial charge in [0, 0.05) is 35.1 Å². The first kappa shape index (κ1) is 23.1. The van der Waals surface area contributed by atoms with Crippen LogP contribution < -0.4 is 10.1 Å². The highest BCUT2D eigenvalue weighted by Crippen LogP contribution is 2.37. The lowest BCUT2D eigenvalue weighted by molar-refractivity contribution is 0.102. The maximum atomic E-state index is 12.9. The van der Waals surface area contributed by atoms with Crippen LogP contribution in [0.15, 0.2) is 47.3 Å². The summed E-state index contributed by atoms with van der Waals surface area (Å²) in [6, 6.07) is 7.84. The van der Waals surface area contributed by atoms with Crippen LogP contribution >= 0.6 is 0 Å². The van der Waals surface area contributed by atoms with E-state index >= 15 is 0 Å². The average Bonchev–Trinajstić information content (AvgIpc) is 3.51. The predicted octanol–water partition coefficient (Wildman–Crippen LogP) is 6.04. The van der Waals surface area contributed by atoms with Gasteiger partial charge in [0.2, 0.25) is 5.89 Å². The van der Waals surface area contributed by atoms with Crippen LogP contribution in [0.1, 0.15) is 61.8 Å². The highest BCUT2D eigenvalue weighted by atomic mass is 16.5. The number of aromatic nitrogens is 4. The number of aryl methyl sites for hydroxylation is 1. The molecule has 1 N–H and O–H groups in total. The van der Waals surface area contributed by atoms with E-state index < -0.39 is 0 Å². The fraction of sp³-hybridized carbons (Fsp3) is 0.407. The molecule has 35 heavy (non-hydrogen) atoms. The molecule has 182 valence electrons. The summed E-state index contributed by atoms with van der Waals surface area (Å²) in [6.45, 7) is 6.52. The van der Waals surface area contributed by atoms with Gasteiger partial charge in [-0.2, -0.15) is 5.10 Å². The molecule has 3 aromatic heterocycles. The number of amides is 1. The molecule has 0 aliphatic heterocycles. The lowest BCUT2D eigenvalue weighted by atomic mass is 9.80. The van der Waals surface area contributed by atoms with Crippen molar-refractivity contribution in [2.75, 3.05) is 12.4 Å². The van der Waals surface area contributed by atoms with Crippen LogP contribution in [0.25, 0.3) is 22.4 Å². The quantitative estimate of drug-likeness (QED) is 0.367. The number of carbonyl (C=O) groups excluding carboxylic acids is 1. The zero-order chi connectivity index (χ0) is 24.5. The summed E-state index contributed by atoms with van der Waals surface area (Å²) in [6.07, 6.45) is 9.88. The Morgan fingerprint density at radius 2 is 2.00 bits per heavy atom. The van der Waals surface area contributed by atoms with Gasteiger partial charge in [-0.1, -0.05) is 13.8 Å². The highest BCUT2D eigenvalue weighted by Gasteiger charge is 2.25. The van der Waals surface area contributed by atoms with E-state index in [9.17, 15) is 4.79 Å². The highest BCUT2D eigenvalue weighted by molar-refractivity contribution is 6.05. The van der Waals surface area contributed by atoms with E-state index in [2.05, 4.69) is 40.0 Å². The summed E-state index contributed by atoms with van der Waals surface area (Å²) in [5.41, 5.74) is 3.22. The number of methoxy groups -OCH3 is 1. The van der Waals surface area contributed by atoms with Gasteiger partial charge in [0.1, 0.15) is 12.0 Å². The molecule has 4 aromatic rings. The molecule has 0 spiro atoms. The van der Waals surface area contributed by atoms with Crippen molar-refractivity contribution in [3.8, 4) is 17.2 Å². The number of hydrogen-bond acceptors (Lipinski definition) is 6. The van der Waals surface area contributed by atoms with Crippen molar-refractivity contribution >= 4 is 22.5 Å². The SMILES string of the molecule is COc1cc2nn(C3CCC(C(C)C)CC3)cc2cc1NC(=O)c1coc(-c2ccnc(C)c2)n1. The van der Waals surface area contributed by atoms with Gasteiger partial charge >= 0.3 is 0 Å². The normalized spacial score (nSPS) is 18.2. The Morgan fingerprint density at radius 1 is 1.20 bits per heavy atom. The minimum absolute atomic E-state index is 0.189. The average molecular weight is 474 g/mol. The van der Waals surface area contributed by atoms with E-state index in [0.29, 0.717) is 23.4 Å². The third-order valence-electron chi connectivity index (χ3n) is 7.03. The number of benzene rings is 1. The van der Waals surface area contributed by atoms with Crippen molar-refractivity contribution < 1.29 is 13.9 Å². The van der Waals surface area contributed by atoms with Crippen molar-refractivity contribution in [1.29, 1.82) is 0 Å². The number of nitrogens with one attached hydrogen (secondary N) is 1. The number of fused-ring (bicyclic) bond motifs is 1. The molecule has 1 aromatic carbocycles.